The number of carbonyl (C=O) groups excluding carboxylic acids is 1. The number of hydrogen-bond acceptors (Lipinski definition) is 5. The van der Waals surface area contributed by atoms with E-state index >= 15 is 0 Å². The maximum Gasteiger partial charge on any atom is 0.358 e. The summed E-state index contributed by atoms with van der Waals surface area (Å²) in [5.41, 5.74) is 0.853. The highest BCUT2D eigenvalue weighted by atomic mass is 19.3. The fraction of sp³-hybridized carbons (Fsp3) is 0.474. The van der Waals surface area contributed by atoms with Gasteiger partial charge in [-0.05, 0) is 12.1 Å². The molecule has 28 heavy (non-hydrogen) atoms. The van der Waals surface area contributed by atoms with Gasteiger partial charge in [0.2, 0.25) is 0 Å². The van der Waals surface area contributed by atoms with Gasteiger partial charge >= 0.3 is 5.97 Å². The molecule has 0 saturated heterocycles. The van der Waals surface area contributed by atoms with Gasteiger partial charge in [-0.3, -0.25) is 0 Å². The molecule has 2 aromatic rings. The number of nitrogens with zero attached hydrogens (tertiary/aromatic N) is 2. The quantitative estimate of drug-likeness (QED) is 0.723. The number of hydrogen-bond donors (Lipinski definition) is 0. The molecular weight excluding hydrogens is 377 g/mol. The lowest BCUT2D eigenvalue weighted by Crippen LogP contribution is -2.21. The fourth-order valence-corrected chi connectivity index (χ4v) is 3.28. The third kappa shape index (κ3) is 3.71. The number of benzene rings is 1. The van der Waals surface area contributed by atoms with Gasteiger partial charge in [0.1, 0.15) is 24.4 Å². The highest BCUT2D eigenvalue weighted by molar-refractivity contribution is 5.89. The van der Waals surface area contributed by atoms with Crippen molar-refractivity contribution in [2.45, 2.75) is 31.9 Å². The molecule has 1 aromatic carbocycles. The predicted octanol–water partition coefficient (Wildman–Crippen LogP) is 3.37. The van der Waals surface area contributed by atoms with Gasteiger partial charge in [-0.1, -0.05) is 6.07 Å². The van der Waals surface area contributed by atoms with E-state index in [1.54, 1.807) is 4.57 Å². The molecule has 1 aliphatic heterocycles. The van der Waals surface area contributed by atoms with E-state index in [0.29, 0.717) is 23.5 Å². The number of halogens is 3. The van der Waals surface area contributed by atoms with Gasteiger partial charge in [-0.25, -0.2) is 22.9 Å². The highest BCUT2D eigenvalue weighted by Crippen LogP contribution is 2.37. The second-order valence-electron chi connectivity index (χ2n) is 6.53. The van der Waals surface area contributed by atoms with Crippen LogP contribution in [0.3, 0.4) is 0 Å². The molecule has 0 spiro atoms. The number of methoxy groups -OCH3 is 2. The minimum absolute atomic E-state index is 0.00567. The first-order valence-corrected chi connectivity index (χ1v) is 8.72. The van der Waals surface area contributed by atoms with Gasteiger partial charge in [0.25, 0.3) is 5.92 Å². The molecule has 0 amide bonds. The topological polar surface area (TPSA) is 62.6 Å². The molecule has 0 aliphatic carbocycles. The Hall–Kier alpha value is -2.55. The van der Waals surface area contributed by atoms with Crippen molar-refractivity contribution in [3.63, 3.8) is 0 Å². The van der Waals surface area contributed by atoms with Crippen LogP contribution in [0.5, 0.6) is 5.75 Å². The summed E-state index contributed by atoms with van der Waals surface area (Å²) in [5, 5.41) is 0. The van der Waals surface area contributed by atoms with Crippen molar-refractivity contribution < 1.29 is 32.2 Å². The lowest BCUT2D eigenvalue weighted by atomic mass is 10.0. The molecule has 1 aliphatic rings. The van der Waals surface area contributed by atoms with E-state index in [0.717, 1.165) is 6.92 Å². The molecule has 0 unspecified atom stereocenters. The second-order valence-corrected chi connectivity index (χ2v) is 6.53. The summed E-state index contributed by atoms with van der Waals surface area (Å²) in [4.78, 5) is 16.5. The zero-order valence-electron chi connectivity index (χ0n) is 15.8. The highest BCUT2D eigenvalue weighted by Gasteiger charge is 2.31. The minimum Gasteiger partial charge on any atom is -0.496 e. The van der Waals surface area contributed by atoms with Crippen LogP contribution >= 0.6 is 0 Å². The van der Waals surface area contributed by atoms with Gasteiger partial charge in [-0.2, -0.15) is 0 Å². The third-order valence-electron chi connectivity index (χ3n) is 4.63. The SMILES string of the molecule is COC(=O)c1nc(-c2ccc(C(C)(F)F)c(OC)c2)n2c1CCO[C@H](CF)C2. The summed E-state index contributed by atoms with van der Waals surface area (Å²) in [5.74, 6) is -3.38. The monoisotopic (exact) mass is 398 g/mol. The van der Waals surface area contributed by atoms with Crippen LogP contribution in [0, 0.1) is 0 Å². The predicted molar refractivity (Wildman–Crippen MR) is 94.5 cm³/mol. The second kappa shape index (κ2) is 7.83. The minimum atomic E-state index is -3.09. The van der Waals surface area contributed by atoms with Crippen LogP contribution in [-0.4, -0.2) is 49.1 Å². The number of rotatable bonds is 5. The summed E-state index contributed by atoms with van der Waals surface area (Å²) in [7, 11) is 2.54. The molecule has 1 atom stereocenters. The van der Waals surface area contributed by atoms with Crippen molar-refractivity contribution in [3.05, 3.63) is 35.2 Å². The first-order valence-electron chi connectivity index (χ1n) is 8.72. The molecule has 0 bridgehead atoms. The molecule has 0 N–H and O–H groups in total. The van der Waals surface area contributed by atoms with Crippen LogP contribution in [0.15, 0.2) is 18.2 Å². The molecule has 0 saturated carbocycles. The Morgan fingerprint density at radius 3 is 2.75 bits per heavy atom. The van der Waals surface area contributed by atoms with Crippen LogP contribution in [0.4, 0.5) is 13.2 Å². The maximum atomic E-state index is 13.8. The largest absolute Gasteiger partial charge is 0.496 e. The average molecular weight is 398 g/mol. The van der Waals surface area contributed by atoms with Gasteiger partial charge in [0, 0.05) is 18.9 Å². The number of imidazole rings is 1. The molecule has 0 radical (unpaired) electrons. The van der Waals surface area contributed by atoms with E-state index in [-0.39, 0.29) is 30.2 Å². The average Bonchev–Trinajstić information content (AvgIpc) is 2.89. The molecular formula is C19H21F3N2O4. The molecule has 1 aromatic heterocycles. The van der Waals surface area contributed by atoms with Crippen molar-refractivity contribution in [1.29, 1.82) is 0 Å². The number of aromatic nitrogens is 2. The lowest BCUT2D eigenvalue weighted by molar-refractivity contribution is 0.0151. The van der Waals surface area contributed by atoms with Gasteiger partial charge in [-0.15, -0.1) is 0 Å². The van der Waals surface area contributed by atoms with Crippen LogP contribution < -0.4 is 4.74 Å². The van der Waals surface area contributed by atoms with Crippen molar-refractivity contribution in [2.75, 3.05) is 27.5 Å². The summed E-state index contributed by atoms with van der Waals surface area (Å²) >= 11 is 0. The molecule has 2 heterocycles. The van der Waals surface area contributed by atoms with Crippen molar-refractivity contribution in [3.8, 4) is 17.1 Å². The Labute approximate surface area is 160 Å². The van der Waals surface area contributed by atoms with Crippen molar-refractivity contribution in [2.24, 2.45) is 0 Å². The Kier molecular flexibility index (Phi) is 5.64. The summed E-state index contributed by atoms with van der Waals surface area (Å²) in [6.07, 6.45) is -0.350. The molecule has 152 valence electrons. The van der Waals surface area contributed by atoms with E-state index in [4.69, 9.17) is 14.2 Å². The maximum absolute atomic E-state index is 13.8. The van der Waals surface area contributed by atoms with E-state index < -0.39 is 24.7 Å². The smallest absolute Gasteiger partial charge is 0.358 e. The van der Waals surface area contributed by atoms with Crippen molar-refractivity contribution >= 4 is 5.97 Å². The first kappa shape index (κ1) is 20.2. The van der Waals surface area contributed by atoms with Crippen LogP contribution in [0.1, 0.15) is 28.7 Å². The van der Waals surface area contributed by atoms with Gasteiger partial charge < -0.3 is 18.8 Å². The Morgan fingerprint density at radius 1 is 1.39 bits per heavy atom. The van der Waals surface area contributed by atoms with E-state index in [1.807, 2.05) is 0 Å². The number of ether oxygens (including phenoxy) is 3. The number of esters is 1. The normalized spacial score (nSPS) is 17.0. The van der Waals surface area contributed by atoms with E-state index in [2.05, 4.69) is 4.98 Å². The number of alkyl halides is 3. The molecule has 0 fully saturated rings. The number of carbonyl (C=O) groups is 1. The zero-order chi connectivity index (χ0) is 20.5. The lowest BCUT2D eigenvalue weighted by Gasteiger charge is -2.17. The summed E-state index contributed by atoms with van der Waals surface area (Å²) in [6.45, 7) is 0.451. The molecule has 3 rings (SSSR count). The third-order valence-corrected chi connectivity index (χ3v) is 4.63. The van der Waals surface area contributed by atoms with Crippen LogP contribution in [0.2, 0.25) is 0 Å². The van der Waals surface area contributed by atoms with Crippen LogP contribution in [-0.2, 0) is 28.4 Å². The Balaban J connectivity index is 2.16. The number of fused-ring (bicyclic) bond motifs is 1. The standard InChI is InChI=1S/C19H21F3N2O4/c1-19(21,22)13-5-4-11(8-15(13)26-2)17-23-16(18(25)27-3)14-6-7-28-12(9-20)10-24(14)17/h4-5,8,12H,6-7,9-10H2,1-3H3/t12-/m1/s1. The molecule has 6 nitrogen and oxygen atoms in total. The van der Waals surface area contributed by atoms with Gasteiger partial charge in [0.05, 0.1) is 38.6 Å². The summed E-state index contributed by atoms with van der Waals surface area (Å²) in [6, 6.07) is 4.16. The van der Waals surface area contributed by atoms with Gasteiger partial charge in [0.15, 0.2) is 5.69 Å². The van der Waals surface area contributed by atoms with Crippen LogP contribution in [0.25, 0.3) is 11.4 Å². The fourth-order valence-electron chi connectivity index (χ4n) is 3.28. The van der Waals surface area contributed by atoms with E-state index in [9.17, 15) is 18.0 Å². The zero-order valence-corrected chi connectivity index (χ0v) is 15.8. The Bertz CT molecular complexity index is 877. The molecule has 9 heteroatoms. The first-order chi connectivity index (χ1) is 13.3. The Morgan fingerprint density at radius 2 is 2.14 bits per heavy atom. The summed E-state index contributed by atoms with van der Waals surface area (Å²) < 4.78 is 57.9. The van der Waals surface area contributed by atoms with Crippen molar-refractivity contribution in [1.82, 2.24) is 9.55 Å². The van der Waals surface area contributed by atoms with E-state index in [1.165, 1.54) is 32.4 Å².